The Kier molecular flexibility index (Phi) is 5.71. The van der Waals surface area contributed by atoms with Crippen LogP contribution in [0.5, 0.6) is 11.5 Å². The molecule has 0 amide bonds. The number of para-hydroxylation sites is 2. The maximum atomic E-state index is 8.87. The summed E-state index contributed by atoms with van der Waals surface area (Å²) in [6.07, 6.45) is 0. The van der Waals surface area contributed by atoms with Crippen LogP contribution in [-0.4, -0.2) is 19.3 Å². The molecule has 0 radical (unpaired) electrons. The van der Waals surface area contributed by atoms with E-state index in [0.29, 0.717) is 23.0 Å². The van der Waals surface area contributed by atoms with E-state index in [2.05, 4.69) is 0 Å². The van der Waals surface area contributed by atoms with Crippen molar-refractivity contribution < 1.29 is 23.4 Å². The molecule has 136 valence electrons. The highest BCUT2D eigenvalue weighted by Gasteiger charge is 2.07. The minimum Gasteiger partial charge on any atom is -0.493 e. The molecule has 1 N–H and O–H groups in total. The first-order chi connectivity index (χ1) is 12.7. The molecule has 0 aliphatic carbocycles. The maximum absolute atomic E-state index is 8.87. The van der Waals surface area contributed by atoms with Crippen LogP contribution < -0.4 is 9.47 Å². The predicted octanol–water partition coefficient (Wildman–Crippen LogP) is 5.11. The van der Waals surface area contributed by atoms with E-state index in [1.807, 2.05) is 42.5 Å². The minimum absolute atomic E-state index is 0.0855. The number of alkyl halides is 1. The molecule has 0 saturated heterocycles. The average molecular weight is 375 g/mol. The second-order valence-corrected chi connectivity index (χ2v) is 5.74. The van der Waals surface area contributed by atoms with E-state index < -0.39 is 0 Å². The van der Waals surface area contributed by atoms with Crippen molar-refractivity contribution in [3.8, 4) is 11.5 Å². The van der Waals surface area contributed by atoms with Crippen LogP contribution in [0.25, 0.3) is 21.9 Å². The minimum atomic E-state index is -0.0855. The van der Waals surface area contributed by atoms with Crippen LogP contribution in [0.1, 0.15) is 11.5 Å². The summed E-state index contributed by atoms with van der Waals surface area (Å²) in [5, 5.41) is 10.8. The number of fused-ring (bicyclic) bond motifs is 2. The Morgan fingerprint density at radius 1 is 0.846 bits per heavy atom. The van der Waals surface area contributed by atoms with Gasteiger partial charge >= 0.3 is 0 Å². The zero-order chi connectivity index (χ0) is 18.5. The van der Waals surface area contributed by atoms with Crippen molar-refractivity contribution in [3.05, 3.63) is 60.1 Å². The molecule has 0 fully saturated rings. The van der Waals surface area contributed by atoms with Crippen molar-refractivity contribution in [2.24, 2.45) is 0 Å². The molecule has 6 heteroatoms. The highest BCUT2D eigenvalue weighted by atomic mass is 35.5. The quantitative estimate of drug-likeness (QED) is 0.502. The Balaban J connectivity index is 0.000000151. The van der Waals surface area contributed by atoms with Gasteiger partial charge < -0.3 is 23.4 Å². The topological polar surface area (TPSA) is 65.0 Å². The molecule has 2 heterocycles. The molecule has 0 atom stereocenters. The smallest absolute Gasteiger partial charge is 0.176 e. The van der Waals surface area contributed by atoms with E-state index in [4.69, 9.17) is 35.0 Å². The molecule has 26 heavy (non-hydrogen) atoms. The molecule has 5 nitrogen and oxygen atoms in total. The van der Waals surface area contributed by atoms with Gasteiger partial charge in [-0.2, -0.15) is 0 Å². The van der Waals surface area contributed by atoms with Gasteiger partial charge in [-0.25, -0.2) is 0 Å². The number of furan rings is 2. The largest absolute Gasteiger partial charge is 0.493 e. The molecule has 4 aromatic rings. The van der Waals surface area contributed by atoms with Gasteiger partial charge in [0.2, 0.25) is 0 Å². The van der Waals surface area contributed by atoms with Gasteiger partial charge in [-0.15, -0.1) is 11.6 Å². The van der Waals surface area contributed by atoms with E-state index in [1.165, 1.54) is 0 Å². The second-order valence-electron chi connectivity index (χ2n) is 5.47. The molecule has 0 bridgehead atoms. The predicted molar refractivity (Wildman–Crippen MR) is 101 cm³/mol. The summed E-state index contributed by atoms with van der Waals surface area (Å²) in [4.78, 5) is 0. The van der Waals surface area contributed by atoms with E-state index >= 15 is 0 Å². The van der Waals surface area contributed by atoms with Crippen LogP contribution in [0.15, 0.2) is 57.4 Å². The monoisotopic (exact) mass is 374 g/mol. The zero-order valence-corrected chi connectivity index (χ0v) is 15.2. The van der Waals surface area contributed by atoms with Crippen molar-refractivity contribution in [3.63, 3.8) is 0 Å². The number of aliphatic hydroxyl groups is 1. The molecular formula is C20H19ClO5. The third-order valence-electron chi connectivity index (χ3n) is 3.85. The van der Waals surface area contributed by atoms with Crippen LogP contribution in [0.4, 0.5) is 0 Å². The molecule has 4 rings (SSSR count). The summed E-state index contributed by atoms with van der Waals surface area (Å²) in [5.41, 5.74) is 1.45. The Bertz CT molecular complexity index is 920. The number of methoxy groups -OCH3 is 2. The van der Waals surface area contributed by atoms with Crippen molar-refractivity contribution >= 4 is 33.5 Å². The molecular weight excluding hydrogens is 356 g/mol. The lowest BCUT2D eigenvalue weighted by Crippen LogP contribution is -1.81. The first-order valence-electron chi connectivity index (χ1n) is 7.97. The Hall–Kier alpha value is -2.63. The number of ether oxygens (including phenoxy) is 2. The van der Waals surface area contributed by atoms with E-state index in [0.717, 1.165) is 27.9 Å². The lowest BCUT2D eigenvalue weighted by atomic mass is 10.2. The van der Waals surface area contributed by atoms with Gasteiger partial charge in [-0.05, 0) is 24.3 Å². The fraction of sp³-hybridized carbons (Fsp3) is 0.200. The number of rotatable bonds is 4. The van der Waals surface area contributed by atoms with Crippen LogP contribution in [0, 0.1) is 0 Å². The Morgan fingerprint density at radius 3 is 1.81 bits per heavy atom. The molecule has 0 spiro atoms. The van der Waals surface area contributed by atoms with E-state index in [1.54, 1.807) is 20.3 Å². The number of hydrogen-bond acceptors (Lipinski definition) is 5. The average Bonchev–Trinajstić information content (AvgIpc) is 3.31. The summed E-state index contributed by atoms with van der Waals surface area (Å²) in [5.74, 6) is 3.14. The normalized spacial score (nSPS) is 10.6. The molecule has 2 aromatic carbocycles. The number of benzene rings is 2. The summed E-state index contributed by atoms with van der Waals surface area (Å²) < 4.78 is 21.1. The van der Waals surface area contributed by atoms with Gasteiger partial charge in [0.05, 0.1) is 20.1 Å². The van der Waals surface area contributed by atoms with Crippen molar-refractivity contribution in [2.45, 2.75) is 12.5 Å². The highest BCUT2D eigenvalue weighted by molar-refractivity contribution is 6.17. The number of halogens is 1. The molecule has 0 aliphatic rings. The van der Waals surface area contributed by atoms with Crippen molar-refractivity contribution in [1.29, 1.82) is 0 Å². The van der Waals surface area contributed by atoms with Crippen LogP contribution in [-0.2, 0) is 12.5 Å². The van der Waals surface area contributed by atoms with Gasteiger partial charge in [0, 0.05) is 10.8 Å². The highest BCUT2D eigenvalue weighted by Crippen LogP contribution is 2.29. The SMILES string of the molecule is COc1cccc2cc(CCl)oc12.COc1cccc2cc(CO)oc12. The van der Waals surface area contributed by atoms with Crippen molar-refractivity contribution in [1.82, 2.24) is 0 Å². The van der Waals surface area contributed by atoms with Gasteiger partial charge in [0.25, 0.3) is 0 Å². The first kappa shape index (κ1) is 18.2. The lowest BCUT2D eigenvalue weighted by molar-refractivity contribution is 0.250. The second kappa shape index (κ2) is 8.17. The molecule has 0 unspecified atom stereocenters. The van der Waals surface area contributed by atoms with Gasteiger partial charge in [0.1, 0.15) is 18.1 Å². The van der Waals surface area contributed by atoms with Crippen molar-refractivity contribution in [2.75, 3.05) is 14.2 Å². The third kappa shape index (κ3) is 3.64. The number of hydrogen-bond donors (Lipinski definition) is 1. The van der Waals surface area contributed by atoms with Gasteiger partial charge in [-0.3, -0.25) is 0 Å². The van der Waals surface area contributed by atoms with E-state index in [-0.39, 0.29) is 6.61 Å². The zero-order valence-electron chi connectivity index (χ0n) is 14.5. The first-order valence-corrected chi connectivity index (χ1v) is 8.51. The molecule has 0 saturated carbocycles. The van der Waals surface area contributed by atoms with Crippen LogP contribution >= 0.6 is 11.6 Å². The van der Waals surface area contributed by atoms with Gasteiger partial charge in [0.15, 0.2) is 22.7 Å². The van der Waals surface area contributed by atoms with Crippen LogP contribution in [0.3, 0.4) is 0 Å². The Morgan fingerprint density at radius 2 is 1.35 bits per heavy atom. The summed E-state index contributed by atoms with van der Waals surface area (Å²) >= 11 is 5.66. The fourth-order valence-electron chi connectivity index (χ4n) is 2.64. The third-order valence-corrected chi connectivity index (χ3v) is 4.11. The van der Waals surface area contributed by atoms with E-state index in [9.17, 15) is 0 Å². The van der Waals surface area contributed by atoms with Crippen LogP contribution in [0.2, 0.25) is 0 Å². The fourth-order valence-corrected chi connectivity index (χ4v) is 2.78. The summed E-state index contributed by atoms with van der Waals surface area (Å²) in [6.45, 7) is -0.0855. The number of aliphatic hydroxyl groups excluding tert-OH is 1. The summed E-state index contributed by atoms with van der Waals surface area (Å²) in [7, 11) is 3.22. The standard InChI is InChI=1S/C10H9ClO2.C10H10O3/c2*1-12-9-4-2-3-7-5-8(6-11)13-10(7)9/h2-5H,6H2,1H3;2-5,11H,6H2,1H3. The van der Waals surface area contributed by atoms with Gasteiger partial charge in [-0.1, -0.05) is 24.3 Å². The lowest BCUT2D eigenvalue weighted by Gasteiger charge is -1.98. The summed E-state index contributed by atoms with van der Waals surface area (Å²) in [6, 6.07) is 15.1. The maximum Gasteiger partial charge on any atom is 0.176 e. The molecule has 2 aromatic heterocycles. The Labute approximate surface area is 155 Å². The molecule has 0 aliphatic heterocycles.